The van der Waals surface area contributed by atoms with E-state index in [0.717, 1.165) is 10.2 Å². The molecule has 0 aromatic heterocycles. The van der Waals surface area contributed by atoms with E-state index in [1.54, 1.807) is 7.11 Å². The molecule has 1 atom stereocenters. The van der Waals surface area contributed by atoms with Crippen LogP contribution in [0, 0.1) is 5.92 Å². The maximum Gasteiger partial charge on any atom is 0.133 e. The van der Waals surface area contributed by atoms with Crippen molar-refractivity contribution in [1.82, 2.24) is 5.43 Å². The fraction of sp³-hybridized carbons (Fsp3) is 0.455. The van der Waals surface area contributed by atoms with Gasteiger partial charge in [-0.05, 0) is 52.4 Å². The number of benzene rings is 1. The smallest absolute Gasteiger partial charge is 0.133 e. The number of hydrogen-bond acceptors (Lipinski definition) is 3. The molecule has 1 aromatic carbocycles. The predicted molar refractivity (Wildman–Crippen MR) is 63.5 cm³/mol. The lowest BCUT2D eigenvalue weighted by Gasteiger charge is -2.16. The fourth-order valence-corrected chi connectivity index (χ4v) is 2.37. The second-order valence-corrected chi connectivity index (χ2v) is 4.73. The molecular weight excluding hydrogens is 256 g/mol. The molecule has 0 amide bonds. The first kappa shape index (κ1) is 10.9. The second kappa shape index (κ2) is 4.51. The standard InChI is InChI=1S/C11H15BrN2O/c1-15-10-5-4-8(6-9(10)12)11(14-13)7-2-3-7/h4-7,11,14H,2-3,13H2,1H3. The summed E-state index contributed by atoms with van der Waals surface area (Å²) in [7, 11) is 1.67. The van der Waals surface area contributed by atoms with Crippen LogP contribution < -0.4 is 16.0 Å². The summed E-state index contributed by atoms with van der Waals surface area (Å²) >= 11 is 3.48. The zero-order valence-electron chi connectivity index (χ0n) is 8.66. The van der Waals surface area contributed by atoms with Crippen molar-refractivity contribution in [2.24, 2.45) is 11.8 Å². The van der Waals surface area contributed by atoms with Crippen LogP contribution in [0.3, 0.4) is 0 Å². The molecule has 3 nitrogen and oxygen atoms in total. The van der Waals surface area contributed by atoms with Crippen molar-refractivity contribution in [3.8, 4) is 5.75 Å². The Kier molecular flexibility index (Phi) is 3.29. The third-order valence-electron chi connectivity index (χ3n) is 2.81. The lowest BCUT2D eigenvalue weighted by atomic mass is 10.0. The van der Waals surface area contributed by atoms with Crippen LogP contribution in [0.15, 0.2) is 22.7 Å². The van der Waals surface area contributed by atoms with Gasteiger partial charge in [0.15, 0.2) is 0 Å². The Morgan fingerprint density at radius 1 is 1.53 bits per heavy atom. The summed E-state index contributed by atoms with van der Waals surface area (Å²) in [6.45, 7) is 0. The molecule has 4 heteroatoms. The number of nitrogens with two attached hydrogens (primary N) is 1. The number of nitrogens with one attached hydrogen (secondary N) is 1. The highest BCUT2D eigenvalue weighted by molar-refractivity contribution is 9.10. The van der Waals surface area contributed by atoms with Crippen molar-refractivity contribution >= 4 is 15.9 Å². The topological polar surface area (TPSA) is 47.3 Å². The van der Waals surface area contributed by atoms with E-state index in [-0.39, 0.29) is 6.04 Å². The first-order chi connectivity index (χ1) is 7.26. The fourth-order valence-electron chi connectivity index (χ4n) is 1.81. The molecule has 0 aliphatic heterocycles. The molecule has 0 radical (unpaired) electrons. The van der Waals surface area contributed by atoms with Gasteiger partial charge in [0.1, 0.15) is 5.75 Å². The average molecular weight is 271 g/mol. The quantitative estimate of drug-likeness (QED) is 0.653. The molecule has 0 spiro atoms. The van der Waals surface area contributed by atoms with Crippen LogP contribution in [0.1, 0.15) is 24.4 Å². The minimum atomic E-state index is 0.271. The third kappa shape index (κ3) is 2.33. The van der Waals surface area contributed by atoms with E-state index in [4.69, 9.17) is 10.6 Å². The van der Waals surface area contributed by atoms with Crippen LogP contribution >= 0.6 is 15.9 Å². The summed E-state index contributed by atoms with van der Waals surface area (Å²) in [6.07, 6.45) is 2.52. The van der Waals surface area contributed by atoms with E-state index in [1.165, 1.54) is 18.4 Å². The van der Waals surface area contributed by atoms with E-state index in [9.17, 15) is 0 Å². The summed E-state index contributed by atoms with van der Waals surface area (Å²) in [5.41, 5.74) is 4.10. The Labute approximate surface area is 98.1 Å². The van der Waals surface area contributed by atoms with E-state index in [1.807, 2.05) is 6.07 Å². The molecule has 0 saturated heterocycles. The van der Waals surface area contributed by atoms with Crippen molar-refractivity contribution in [2.45, 2.75) is 18.9 Å². The maximum absolute atomic E-state index is 5.57. The molecule has 3 N–H and O–H groups in total. The number of ether oxygens (including phenoxy) is 1. The summed E-state index contributed by atoms with van der Waals surface area (Å²) in [5, 5.41) is 0. The molecular formula is C11H15BrN2O. The Morgan fingerprint density at radius 2 is 2.27 bits per heavy atom. The maximum atomic E-state index is 5.57. The third-order valence-corrected chi connectivity index (χ3v) is 3.43. The van der Waals surface area contributed by atoms with Gasteiger partial charge in [-0.25, -0.2) is 0 Å². The average Bonchev–Trinajstić information content (AvgIpc) is 3.03. The van der Waals surface area contributed by atoms with E-state index >= 15 is 0 Å². The first-order valence-corrected chi connectivity index (χ1v) is 5.85. The molecule has 0 bridgehead atoms. The largest absolute Gasteiger partial charge is 0.496 e. The van der Waals surface area contributed by atoms with Gasteiger partial charge in [-0.2, -0.15) is 0 Å². The SMILES string of the molecule is COc1ccc(C(NN)C2CC2)cc1Br. The van der Waals surface area contributed by atoms with Crippen LogP contribution in [0.25, 0.3) is 0 Å². The van der Waals surface area contributed by atoms with Gasteiger partial charge in [0.05, 0.1) is 11.6 Å². The van der Waals surface area contributed by atoms with Gasteiger partial charge in [0, 0.05) is 6.04 Å². The summed E-state index contributed by atoms with van der Waals surface area (Å²) < 4.78 is 6.17. The molecule has 1 aliphatic rings. The summed E-state index contributed by atoms with van der Waals surface area (Å²) in [6, 6.07) is 6.37. The predicted octanol–water partition coefficient (Wildman–Crippen LogP) is 2.37. The van der Waals surface area contributed by atoms with Crippen molar-refractivity contribution < 1.29 is 4.74 Å². The molecule has 0 heterocycles. The molecule has 1 aliphatic carbocycles. The van der Waals surface area contributed by atoms with E-state index < -0.39 is 0 Å². The van der Waals surface area contributed by atoms with Crippen LogP contribution in [0.2, 0.25) is 0 Å². The highest BCUT2D eigenvalue weighted by atomic mass is 79.9. The molecule has 1 aromatic rings. The number of rotatable bonds is 4. The van der Waals surface area contributed by atoms with Crippen LogP contribution in [-0.4, -0.2) is 7.11 Å². The van der Waals surface area contributed by atoms with Crippen molar-refractivity contribution in [1.29, 1.82) is 0 Å². The van der Waals surface area contributed by atoms with Crippen LogP contribution in [0.5, 0.6) is 5.75 Å². The van der Waals surface area contributed by atoms with Gasteiger partial charge in [-0.1, -0.05) is 6.07 Å². The van der Waals surface area contributed by atoms with Gasteiger partial charge in [0.25, 0.3) is 0 Å². The van der Waals surface area contributed by atoms with Crippen molar-refractivity contribution in [2.75, 3.05) is 7.11 Å². The molecule has 1 saturated carbocycles. The molecule has 1 fully saturated rings. The van der Waals surface area contributed by atoms with Crippen LogP contribution in [-0.2, 0) is 0 Å². The minimum Gasteiger partial charge on any atom is -0.496 e. The molecule has 15 heavy (non-hydrogen) atoms. The number of methoxy groups -OCH3 is 1. The van der Waals surface area contributed by atoms with E-state index in [2.05, 4.69) is 33.5 Å². The van der Waals surface area contributed by atoms with Gasteiger partial charge >= 0.3 is 0 Å². The lowest BCUT2D eigenvalue weighted by Crippen LogP contribution is -2.29. The molecule has 82 valence electrons. The molecule has 2 rings (SSSR count). The van der Waals surface area contributed by atoms with Gasteiger partial charge in [-0.15, -0.1) is 0 Å². The Bertz CT molecular complexity index is 352. The molecule has 1 unspecified atom stereocenters. The van der Waals surface area contributed by atoms with Gasteiger partial charge < -0.3 is 4.74 Å². The van der Waals surface area contributed by atoms with Crippen LogP contribution in [0.4, 0.5) is 0 Å². The Balaban J connectivity index is 2.23. The Morgan fingerprint density at radius 3 is 2.73 bits per heavy atom. The highest BCUT2D eigenvalue weighted by Crippen LogP contribution is 2.41. The number of hydrogen-bond donors (Lipinski definition) is 2. The van der Waals surface area contributed by atoms with Gasteiger partial charge in [0.2, 0.25) is 0 Å². The zero-order chi connectivity index (χ0) is 10.8. The van der Waals surface area contributed by atoms with E-state index in [0.29, 0.717) is 5.92 Å². The normalized spacial score (nSPS) is 17.5. The summed E-state index contributed by atoms with van der Waals surface area (Å²) in [5.74, 6) is 7.11. The lowest BCUT2D eigenvalue weighted by molar-refractivity contribution is 0.411. The number of halogens is 1. The van der Waals surface area contributed by atoms with Crippen molar-refractivity contribution in [3.05, 3.63) is 28.2 Å². The van der Waals surface area contributed by atoms with Gasteiger partial charge in [-0.3, -0.25) is 11.3 Å². The number of hydrazine groups is 1. The highest BCUT2D eigenvalue weighted by Gasteiger charge is 2.31. The second-order valence-electron chi connectivity index (χ2n) is 3.88. The summed E-state index contributed by atoms with van der Waals surface area (Å²) in [4.78, 5) is 0. The van der Waals surface area contributed by atoms with Crippen molar-refractivity contribution in [3.63, 3.8) is 0 Å². The minimum absolute atomic E-state index is 0.271. The first-order valence-electron chi connectivity index (χ1n) is 5.06. The Hall–Kier alpha value is -0.580. The zero-order valence-corrected chi connectivity index (χ0v) is 10.3. The monoisotopic (exact) mass is 270 g/mol.